The molecule has 88 valence electrons. The van der Waals surface area contributed by atoms with Gasteiger partial charge in [-0.15, -0.1) is 0 Å². The van der Waals surface area contributed by atoms with Gasteiger partial charge in [0.2, 0.25) is 0 Å². The molecule has 2 rings (SSSR count). The second kappa shape index (κ2) is 5.41. The Balaban J connectivity index is 1.80. The van der Waals surface area contributed by atoms with Gasteiger partial charge in [0, 0.05) is 6.42 Å². The molecule has 1 fully saturated rings. The van der Waals surface area contributed by atoms with Crippen LogP contribution < -0.4 is 0 Å². The molecule has 1 aliphatic heterocycles. The average Bonchev–Trinajstić information content (AvgIpc) is 2.69. The van der Waals surface area contributed by atoms with E-state index >= 15 is 0 Å². The first-order valence-electron chi connectivity index (χ1n) is 5.39. The van der Waals surface area contributed by atoms with Crippen molar-refractivity contribution in [3.05, 3.63) is 35.9 Å². The Morgan fingerprint density at radius 2 is 2.06 bits per heavy atom. The van der Waals surface area contributed by atoms with Gasteiger partial charge >= 0.3 is 0 Å². The first kappa shape index (κ1) is 11.5. The topological polar surface area (TPSA) is 58.9 Å². The van der Waals surface area contributed by atoms with E-state index in [2.05, 4.69) is 0 Å². The Labute approximate surface area is 94.4 Å². The van der Waals surface area contributed by atoms with E-state index in [1.54, 1.807) is 0 Å². The number of aliphatic hydroxyl groups is 2. The molecular formula is C12H16O4. The lowest BCUT2D eigenvalue weighted by molar-refractivity contribution is -0.149. The minimum absolute atomic E-state index is 0.174. The second-order valence-electron chi connectivity index (χ2n) is 3.89. The average molecular weight is 224 g/mol. The van der Waals surface area contributed by atoms with Crippen LogP contribution >= 0.6 is 0 Å². The molecule has 3 atom stereocenters. The molecule has 0 aromatic heterocycles. The molecule has 2 N–H and O–H groups in total. The van der Waals surface area contributed by atoms with Crippen LogP contribution in [0.25, 0.3) is 0 Å². The fourth-order valence-electron chi connectivity index (χ4n) is 1.73. The van der Waals surface area contributed by atoms with Crippen molar-refractivity contribution in [1.29, 1.82) is 0 Å². The van der Waals surface area contributed by atoms with Crippen molar-refractivity contribution in [2.45, 2.75) is 31.5 Å². The third-order valence-corrected chi connectivity index (χ3v) is 2.65. The summed E-state index contributed by atoms with van der Waals surface area (Å²) in [6.07, 6.45) is -1.16. The summed E-state index contributed by atoms with van der Waals surface area (Å²) in [6.45, 7) is 0.280. The van der Waals surface area contributed by atoms with Crippen LogP contribution in [0.15, 0.2) is 30.3 Å². The Hall–Kier alpha value is -0.940. The summed E-state index contributed by atoms with van der Waals surface area (Å²) in [4.78, 5) is 0. The van der Waals surface area contributed by atoms with Crippen LogP contribution in [0.1, 0.15) is 12.0 Å². The molecule has 1 saturated heterocycles. The van der Waals surface area contributed by atoms with Gasteiger partial charge in [0.1, 0.15) is 6.10 Å². The maximum atomic E-state index is 9.49. The Bertz CT molecular complexity index is 314. The van der Waals surface area contributed by atoms with Crippen LogP contribution in [-0.4, -0.2) is 35.3 Å². The minimum atomic E-state index is -0.634. The van der Waals surface area contributed by atoms with Crippen LogP contribution in [0, 0.1) is 0 Å². The van der Waals surface area contributed by atoms with Gasteiger partial charge in [-0.05, 0) is 5.56 Å². The first-order valence-corrected chi connectivity index (χ1v) is 5.39. The highest BCUT2D eigenvalue weighted by atomic mass is 16.7. The van der Waals surface area contributed by atoms with E-state index in [0.717, 1.165) is 5.56 Å². The van der Waals surface area contributed by atoms with Crippen LogP contribution in [-0.2, 0) is 16.1 Å². The summed E-state index contributed by atoms with van der Waals surface area (Å²) in [7, 11) is 0. The summed E-state index contributed by atoms with van der Waals surface area (Å²) >= 11 is 0. The molecule has 3 unspecified atom stereocenters. The molecule has 0 aliphatic carbocycles. The molecule has 1 aromatic carbocycles. The van der Waals surface area contributed by atoms with E-state index in [-0.39, 0.29) is 6.61 Å². The zero-order valence-electron chi connectivity index (χ0n) is 8.95. The fourth-order valence-corrected chi connectivity index (χ4v) is 1.73. The van der Waals surface area contributed by atoms with Gasteiger partial charge in [0.05, 0.1) is 19.3 Å². The van der Waals surface area contributed by atoms with Crippen molar-refractivity contribution in [3.63, 3.8) is 0 Å². The van der Waals surface area contributed by atoms with Crippen molar-refractivity contribution < 1.29 is 19.7 Å². The molecule has 0 bridgehead atoms. The van der Waals surface area contributed by atoms with E-state index in [0.29, 0.717) is 13.0 Å². The predicted octanol–water partition coefficient (Wildman–Crippen LogP) is 0.671. The maximum Gasteiger partial charge on any atom is 0.161 e. The Morgan fingerprint density at radius 1 is 1.31 bits per heavy atom. The van der Waals surface area contributed by atoms with E-state index in [9.17, 15) is 5.11 Å². The largest absolute Gasteiger partial charge is 0.394 e. The van der Waals surface area contributed by atoms with Crippen LogP contribution in [0.4, 0.5) is 0 Å². The molecule has 1 aliphatic rings. The van der Waals surface area contributed by atoms with Crippen LogP contribution in [0.3, 0.4) is 0 Å². The summed E-state index contributed by atoms with van der Waals surface area (Å²) in [6, 6.07) is 9.77. The molecule has 1 aromatic rings. The Morgan fingerprint density at radius 3 is 2.69 bits per heavy atom. The van der Waals surface area contributed by atoms with Crippen molar-refractivity contribution in [2.24, 2.45) is 0 Å². The molecule has 4 heteroatoms. The predicted molar refractivity (Wildman–Crippen MR) is 57.6 cm³/mol. The Kier molecular flexibility index (Phi) is 3.90. The summed E-state index contributed by atoms with van der Waals surface area (Å²) in [5.74, 6) is 0. The van der Waals surface area contributed by atoms with Crippen molar-refractivity contribution in [3.8, 4) is 0 Å². The lowest BCUT2D eigenvalue weighted by atomic mass is 10.2. The SMILES string of the molecule is OCC1OC(OCc2ccccc2)CC1O. The van der Waals surface area contributed by atoms with Crippen molar-refractivity contribution in [1.82, 2.24) is 0 Å². The number of benzene rings is 1. The second-order valence-corrected chi connectivity index (χ2v) is 3.89. The fraction of sp³-hybridized carbons (Fsp3) is 0.500. The number of hydrogen-bond acceptors (Lipinski definition) is 4. The highest BCUT2D eigenvalue weighted by Gasteiger charge is 2.33. The monoisotopic (exact) mass is 224 g/mol. The third kappa shape index (κ3) is 2.80. The van der Waals surface area contributed by atoms with Gasteiger partial charge in [0.15, 0.2) is 6.29 Å². The molecule has 0 saturated carbocycles. The van der Waals surface area contributed by atoms with E-state index in [1.807, 2.05) is 30.3 Å². The molecule has 0 radical (unpaired) electrons. The zero-order valence-corrected chi connectivity index (χ0v) is 8.95. The van der Waals surface area contributed by atoms with Gasteiger partial charge in [-0.25, -0.2) is 0 Å². The van der Waals surface area contributed by atoms with Gasteiger partial charge in [-0.2, -0.15) is 0 Å². The highest BCUT2D eigenvalue weighted by molar-refractivity contribution is 5.13. The molecule has 1 heterocycles. The molecular weight excluding hydrogens is 208 g/mol. The van der Waals surface area contributed by atoms with Gasteiger partial charge in [0.25, 0.3) is 0 Å². The smallest absolute Gasteiger partial charge is 0.161 e. The summed E-state index contributed by atoms with van der Waals surface area (Å²) < 4.78 is 10.8. The number of hydrogen-bond donors (Lipinski definition) is 2. The molecule has 4 nitrogen and oxygen atoms in total. The lowest BCUT2D eigenvalue weighted by Crippen LogP contribution is -2.24. The highest BCUT2D eigenvalue weighted by Crippen LogP contribution is 2.21. The molecule has 16 heavy (non-hydrogen) atoms. The van der Waals surface area contributed by atoms with E-state index < -0.39 is 18.5 Å². The van der Waals surface area contributed by atoms with Gasteiger partial charge < -0.3 is 19.7 Å². The maximum absolute atomic E-state index is 9.49. The number of rotatable bonds is 4. The van der Waals surface area contributed by atoms with Crippen LogP contribution in [0.2, 0.25) is 0 Å². The van der Waals surface area contributed by atoms with Crippen molar-refractivity contribution >= 4 is 0 Å². The number of ether oxygens (including phenoxy) is 2. The summed E-state index contributed by atoms with van der Waals surface area (Å²) in [5, 5.41) is 18.4. The third-order valence-electron chi connectivity index (χ3n) is 2.65. The van der Waals surface area contributed by atoms with E-state index in [1.165, 1.54) is 0 Å². The van der Waals surface area contributed by atoms with Crippen molar-refractivity contribution in [2.75, 3.05) is 6.61 Å². The molecule has 0 amide bonds. The minimum Gasteiger partial charge on any atom is -0.394 e. The zero-order chi connectivity index (χ0) is 11.4. The number of aliphatic hydroxyl groups excluding tert-OH is 2. The quantitative estimate of drug-likeness (QED) is 0.789. The normalized spacial score (nSPS) is 29.5. The van der Waals surface area contributed by atoms with Gasteiger partial charge in [-0.1, -0.05) is 30.3 Å². The van der Waals surface area contributed by atoms with Crippen LogP contribution in [0.5, 0.6) is 0 Å². The molecule has 0 spiro atoms. The standard InChI is InChI=1S/C12H16O4/c13-7-11-10(14)6-12(16-11)15-8-9-4-2-1-3-5-9/h1-5,10-14H,6-8H2. The summed E-state index contributed by atoms with van der Waals surface area (Å²) in [5.41, 5.74) is 1.06. The van der Waals surface area contributed by atoms with Gasteiger partial charge in [-0.3, -0.25) is 0 Å². The lowest BCUT2D eigenvalue weighted by Gasteiger charge is -2.12. The van der Waals surface area contributed by atoms with E-state index in [4.69, 9.17) is 14.6 Å². The first-order chi connectivity index (χ1) is 7.79.